The first-order chi connectivity index (χ1) is 9.22. The smallest absolute Gasteiger partial charge is 0.260 e. The lowest BCUT2D eigenvalue weighted by atomic mass is 10.2. The van der Waals surface area contributed by atoms with Crippen molar-refractivity contribution in [3.05, 3.63) is 29.8 Å². The summed E-state index contributed by atoms with van der Waals surface area (Å²) in [6, 6.07) is 7.61. The molecule has 1 aromatic carbocycles. The van der Waals surface area contributed by atoms with E-state index in [1.165, 1.54) is 0 Å². The van der Waals surface area contributed by atoms with Crippen molar-refractivity contribution in [3.8, 4) is 5.75 Å². The maximum absolute atomic E-state index is 12.1. The molecule has 1 aliphatic heterocycles. The predicted molar refractivity (Wildman–Crippen MR) is 71.8 cm³/mol. The van der Waals surface area contributed by atoms with Crippen LogP contribution < -0.4 is 10.5 Å². The number of para-hydroxylation sites is 1. The molecular weight excluding hydrogens is 244 g/mol. The Morgan fingerprint density at radius 2 is 2.32 bits per heavy atom. The largest absolute Gasteiger partial charge is 0.483 e. The van der Waals surface area contributed by atoms with Crippen LogP contribution in [0.1, 0.15) is 12.5 Å². The second kappa shape index (κ2) is 6.54. The number of carbonyl (C=O) groups is 1. The third-order valence-electron chi connectivity index (χ3n) is 3.23. The molecule has 1 saturated heterocycles. The van der Waals surface area contributed by atoms with Crippen LogP contribution in [-0.4, -0.2) is 43.2 Å². The van der Waals surface area contributed by atoms with Gasteiger partial charge in [-0.15, -0.1) is 0 Å². The van der Waals surface area contributed by atoms with Crippen molar-refractivity contribution in [2.45, 2.75) is 19.5 Å². The number of morpholine rings is 1. The zero-order valence-electron chi connectivity index (χ0n) is 11.2. The number of hydrogen-bond donors (Lipinski definition) is 1. The number of ether oxygens (including phenoxy) is 2. The molecule has 0 aromatic heterocycles. The Kier molecular flexibility index (Phi) is 4.76. The van der Waals surface area contributed by atoms with Crippen LogP contribution in [0.2, 0.25) is 0 Å². The van der Waals surface area contributed by atoms with E-state index in [0.29, 0.717) is 32.1 Å². The minimum Gasteiger partial charge on any atom is -0.483 e. The second-order valence-corrected chi connectivity index (χ2v) is 4.61. The Bertz CT molecular complexity index is 436. The Balaban J connectivity index is 1.92. The van der Waals surface area contributed by atoms with Crippen molar-refractivity contribution in [1.82, 2.24) is 4.90 Å². The van der Waals surface area contributed by atoms with Gasteiger partial charge in [0.2, 0.25) is 0 Å². The molecule has 1 atom stereocenters. The molecule has 0 radical (unpaired) electrons. The summed E-state index contributed by atoms with van der Waals surface area (Å²) in [4.78, 5) is 13.9. The Hall–Kier alpha value is -1.59. The first-order valence-corrected chi connectivity index (χ1v) is 6.50. The average molecular weight is 264 g/mol. The van der Waals surface area contributed by atoms with Gasteiger partial charge in [0.15, 0.2) is 6.61 Å². The predicted octanol–water partition coefficient (Wildman–Crippen LogP) is 0.771. The normalized spacial score (nSPS) is 19.3. The van der Waals surface area contributed by atoms with Gasteiger partial charge in [0.1, 0.15) is 5.75 Å². The van der Waals surface area contributed by atoms with Crippen LogP contribution in [0.5, 0.6) is 5.75 Å². The van der Waals surface area contributed by atoms with Gasteiger partial charge in [0.05, 0.1) is 19.3 Å². The summed E-state index contributed by atoms with van der Waals surface area (Å²) in [6.07, 6.45) is 0. The molecule has 104 valence electrons. The molecule has 0 unspecified atom stereocenters. The zero-order chi connectivity index (χ0) is 13.7. The molecule has 5 nitrogen and oxygen atoms in total. The fourth-order valence-electron chi connectivity index (χ4n) is 2.13. The van der Waals surface area contributed by atoms with Crippen LogP contribution in [0, 0.1) is 0 Å². The third-order valence-corrected chi connectivity index (χ3v) is 3.23. The maximum atomic E-state index is 12.1. The van der Waals surface area contributed by atoms with Gasteiger partial charge in [-0.3, -0.25) is 4.79 Å². The molecule has 0 saturated carbocycles. The quantitative estimate of drug-likeness (QED) is 0.872. The first-order valence-electron chi connectivity index (χ1n) is 6.50. The van der Waals surface area contributed by atoms with Crippen molar-refractivity contribution in [2.24, 2.45) is 5.73 Å². The number of rotatable bonds is 4. The van der Waals surface area contributed by atoms with Crippen LogP contribution in [-0.2, 0) is 16.1 Å². The van der Waals surface area contributed by atoms with Crippen molar-refractivity contribution in [2.75, 3.05) is 26.4 Å². The van der Waals surface area contributed by atoms with Gasteiger partial charge >= 0.3 is 0 Å². The Morgan fingerprint density at radius 3 is 3.05 bits per heavy atom. The van der Waals surface area contributed by atoms with E-state index in [1.54, 1.807) is 4.90 Å². The lowest BCUT2D eigenvalue weighted by molar-refractivity contribution is -0.141. The highest BCUT2D eigenvalue weighted by Gasteiger charge is 2.23. The Morgan fingerprint density at radius 1 is 1.53 bits per heavy atom. The number of hydrogen-bond acceptors (Lipinski definition) is 4. The molecule has 2 N–H and O–H groups in total. The summed E-state index contributed by atoms with van der Waals surface area (Å²) in [7, 11) is 0. The molecule has 1 aliphatic rings. The van der Waals surface area contributed by atoms with Gasteiger partial charge in [-0.25, -0.2) is 0 Å². The molecule has 1 amide bonds. The molecule has 1 aromatic rings. The SMILES string of the molecule is C[C@@H]1COCCN1C(=O)COc1ccccc1CN. The molecule has 1 fully saturated rings. The van der Waals surface area contributed by atoms with E-state index in [2.05, 4.69) is 0 Å². The summed E-state index contributed by atoms with van der Waals surface area (Å²) in [6.45, 7) is 4.23. The van der Waals surface area contributed by atoms with E-state index in [0.717, 1.165) is 5.56 Å². The van der Waals surface area contributed by atoms with Gasteiger partial charge in [-0.2, -0.15) is 0 Å². The highest BCUT2D eigenvalue weighted by atomic mass is 16.5. The molecule has 2 rings (SSSR count). The number of amides is 1. The highest BCUT2D eigenvalue weighted by molar-refractivity contribution is 5.78. The number of carbonyl (C=O) groups excluding carboxylic acids is 1. The van der Waals surface area contributed by atoms with Crippen molar-refractivity contribution in [3.63, 3.8) is 0 Å². The number of nitrogens with zero attached hydrogens (tertiary/aromatic N) is 1. The minimum atomic E-state index is -0.0115. The van der Waals surface area contributed by atoms with Gasteiger partial charge in [0.25, 0.3) is 5.91 Å². The highest BCUT2D eigenvalue weighted by Crippen LogP contribution is 2.17. The van der Waals surface area contributed by atoms with Crippen LogP contribution in [0.25, 0.3) is 0 Å². The van der Waals surface area contributed by atoms with E-state index < -0.39 is 0 Å². The van der Waals surface area contributed by atoms with E-state index in [9.17, 15) is 4.79 Å². The minimum absolute atomic E-state index is 0.0115. The fraction of sp³-hybridized carbons (Fsp3) is 0.500. The summed E-state index contributed by atoms with van der Waals surface area (Å²) < 4.78 is 10.9. The monoisotopic (exact) mass is 264 g/mol. The van der Waals surface area contributed by atoms with Crippen molar-refractivity contribution in [1.29, 1.82) is 0 Å². The van der Waals surface area contributed by atoms with Crippen molar-refractivity contribution < 1.29 is 14.3 Å². The molecular formula is C14H20N2O3. The molecule has 0 aliphatic carbocycles. The van der Waals surface area contributed by atoms with Crippen LogP contribution in [0.4, 0.5) is 0 Å². The number of nitrogens with two attached hydrogens (primary N) is 1. The van der Waals surface area contributed by atoms with Crippen LogP contribution in [0.3, 0.4) is 0 Å². The van der Waals surface area contributed by atoms with E-state index in [-0.39, 0.29) is 18.6 Å². The first kappa shape index (κ1) is 13.8. The summed E-state index contributed by atoms with van der Waals surface area (Å²) in [5.74, 6) is 0.668. The molecule has 0 spiro atoms. The van der Waals surface area contributed by atoms with Gasteiger partial charge < -0.3 is 20.1 Å². The second-order valence-electron chi connectivity index (χ2n) is 4.61. The number of benzene rings is 1. The van der Waals surface area contributed by atoms with E-state index in [4.69, 9.17) is 15.2 Å². The Labute approximate surface area is 113 Å². The zero-order valence-corrected chi connectivity index (χ0v) is 11.2. The van der Waals surface area contributed by atoms with E-state index >= 15 is 0 Å². The molecule has 1 heterocycles. The molecule has 19 heavy (non-hydrogen) atoms. The third kappa shape index (κ3) is 3.45. The van der Waals surface area contributed by atoms with Crippen LogP contribution in [0.15, 0.2) is 24.3 Å². The lowest BCUT2D eigenvalue weighted by Crippen LogP contribution is -2.48. The fourth-order valence-corrected chi connectivity index (χ4v) is 2.13. The average Bonchev–Trinajstić information content (AvgIpc) is 2.45. The van der Waals surface area contributed by atoms with Gasteiger partial charge in [-0.1, -0.05) is 18.2 Å². The van der Waals surface area contributed by atoms with Gasteiger partial charge in [0, 0.05) is 18.7 Å². The van der Waals surface area contributed by atoms with Crippen LogP contribution >= 0.6 is 0 Å². The molecule has 5 heteroatoms. The maximum Gasteiger partial charge on any atom is 0.260 e. The summed E-state index contributed by atoms with van der Waals surface area (Å²) >= 11 is 0. The van der Waals surface area contributed by atoms with Gasteiger partial charge in [-0.05, 0) is 13.0 Å². The van der Waals surface area contributed by atoms with E-state index in [1.807, 2.05) is 31.2 Å². The lowest BCUT2D eigenvalue weighted by Gasteiger charge is -2.33. The topological polar surface area (TPSA) is 64.8 Å². The van der Waals surface area contributed by atoms with Crippen molar-refractivity contribution >= 4 is 5.91 Å². The standard InChI is InChI=1S/C14H20N2O3/c1-11-9-18-7-6-16(11)14(17)10-19-13-5-3-2-4-12(13)8-15/h2-5,11H,6-10,15H2,1H3/t11-/m1/s1. The summed E-state index contributed by atoms with van der Waals surface area (Å²) in [5, 5.41) is 0. The molecule has 0 bridgehead atoms. The summed E-state index contributed by atoms with van der Waals surface area (Å²) in [5.41, 5.74) is 6.54.